The van der Waals surface area contributed by atoms with Gasteiger partial charge in [-0.25, -0.2) is 0 Å². The minimum atomic E-state index is 0.878. The number of hydrogen-bond donors (Lipinski definition) is 0. The second-order valence-corrected chi connectivity index (χ2v) is 16.4. The van der Waals surface area contributed by atoms with Gasteiger partial charge in [-0.15, -0.1) is 0 Å². The summed E-state index contributed by atoms with van der Waals surface area (Å²) >= 11 is 0. The standard InChI is InChI=1S/C62H41NO/c1-2-16-45(17-3-1)61-58-28-10-11-30-60(58)64-62(61)49-22-12-20-46(39-49)42-31-35-50(36-32-42)63(52-23-13-21-47(40-52)54-29-14-19-43-15-4-6-24-53(43)54)51-37-33-44(34-38-51)59-41-48-18-5-7-25-55(48)56-26-8-9-27-57(56)59/h1-41H. The van der Waals surface area contributed by atoms with E-state index in [9.17, 15) is 0 Å². The summed E-state index contributed by atoms with van der Waals surface area (Å²) in [6.45, 7) is 0. The minimum absolute atomic E-state index is 0.878. The van der Waals surface area contributed by atoms with Crippen molar-refractivity contribution in [3.8, 4) is 55.8 Å². The Hall–Kier alpha value is -8.46. The van der Waals surface area contributed by atoms with Crippen molar-refractivity contribution in [3.05, 3.63) is 249 Å². The average Bonchev–Trinajstić information content (AvgIpc) is 3.77. The summed E-state index contributed by atoms with van der Waals surface area (Å²) in [5.74, 6) is 0.878. The van der Waals surface area contributed by atoms with Gasteiger partial charge in [-0.05, 0) is 126 Å². The lowest BCUT2D eigenvalue weighted by molar-refractivity contribution is 0.632. The Labute approximate surface area is 372 Å². The molecule has 0 N–H and O–H groups in total. The number of rotatable bonds is 8. The van der Waals surface area contributed by atoms with Crippen LogP contribution in [0.1, 0.15) is 0 Å². The van der Waals surface area contributed by atoms with Crippen molar-refractivity contribution in [2.24, 2.45) is 0 Å². The molecule has 0 aliphatic carbocycles. The number of anilines is 3. The molecule has 0 spiro atoms. The highest BCUT2D eigenvalue weighted by Crippen LogP contribution is 2.44. The van der Waals surface area contributed by atoms with Crippen molar-refractivity contribution in [2.75, 3.05) is 4.90 Å². The molecule has 64 heavy (non-hydrogen) atoms. The van der Waals surface area contributed by atoms with Gasteiger partial charge < -0.3 is 9.32 Å². The largest absolute Gasteiger partial charge is 0.455 e. The molecule has 12 aromatic rings. The number of benzene rings is 11. The van der Waals surface area contributed by atoms with E-state index in [2.05, 4.69) is 248 Å². The predicted octanol–water partition coefficient (Wildman–Crippen LogP) is 17.7. The van der Waals surface area contributed by atoms with Gasteiger partial charge in [0.25, 0.3) is 0 Å². The molecule has 11 aromatic carbocycles. The first kappa shape index (κ1) is 37.3. The summed E-state index contributed by atoms with van der Waals surface area (Å²) in [5, 5.41) is 8.63. The number of nitrogens with zero attached hydrogens (tertiary/aromatic N) is 1. The second kappa shape index (κ2) is 15.8. The highest BCUT2D eigenvalue weighted by Gasteiger charge is 2.19. The normalized spacial score (nSPS) is 11.4. The zero-order valence-electron chi connectivity index (χ0n) is 35.0. The van der Waals surface area contributed by atoms with Gasteiger partial charge in [0.1, 0.15) is 11.3 Å². The van der Waals surface area contributed by atoms with Crippen LogP contribution in [0.3, 0.4) is 0 Å². The molecule has 0 saturated heterocycles. The lowest BCUT2D eigenvalue weighted by Crippen LogP contribution is -2.10. The van der Waals surface area contributed by atoms with Crippen molar-refractivity contribution in [1.82, 2.24) is 0 Å². The fourth-order valence-electron chi connectivity index (χ4n) is 9.60. The molecule has 0 saturated carbocycles. The summed E-state index contributed by atoms with van der Waals surface area (Å²) in [6, 6.07) is 89.5. The number of fused-ring (bicyclic) bond motifs is 5. The highest BCUT2D eigenvalue weighted by atomic mass is 16.3. The molecule has 2 heteroatoms. The van der Waals surface area contributed by atoms with E-state index in [1.165, 1.54) is 54.6 Å². The average molecular weight is 816 g/mol. The molecule has 1 heterocycles. The first-order valence-corrected chi connectivity index (χ1v) is 21.9. The molecule has 12 rings (SSSR count). The molecule has 1 aromatic heterocycles. The van der Waals surface area contributed by atoms with Gasteiger partial charge in [0.15, 0.2) is 0 Å². The third-order valence-corrected chi connectivity index (χ3v) is 12.7. The topological polar surface area (TPSA) is 16.4 Å². The van der Waals surface area contributed by atoms with E-state index < -0.39 is 0 Å². The summed E-state index contributed by atoms with van der Waals surface area (Å²) < 4.78 is 6.61. The quantitative estimate of drug-likeness (QED) is 0.142. The van der Waals surface area contributed by atoms with Gasteiger partial charge in [-0.2, -0.15) is 0 Å². The van der Waals surface area contributed by atoms with Crippen LogP contribution in [0.2, 0.25) is 0 Å². The Kier molecular flexibility index (Phi) is 9.20. The molecular weight excluding hydrogens is 775 g/mol. The van der Waals surface area contributed by atoms with Crippen molar-refractivity contribution in [3.63, 3.8) is 0 Å². The van der Waals surface area contributed by atoms with Crippen LogP contribution in [0.4, 0.5) is 17.1 Å². The van der Waals surface area contributed by atoms with Crippen LogP contribution in [0.25, 0.3) is 99.1 Å². The van der Waals surface area contributed by atoms with Gasteiger partial charge in [0, 0.05) is 33.6 Å². The van der Waals surface area contributed by atoms with Crippen molar-refractivity contribution >= 4 is 60.3 Å². The van der Waals surface area contributed by atoms with E-state index in [1.807, 2.05) is 6.07 Å². The zero-order chi connectivity index (χ0) is 42.4. The molecule has 0 amide bonds. The van der Waals surface area contributed by atoms with E-state index in [-0.39, 0.29) is 0 Å². The maximum Gasteiger partial charge on any atom is 0.143 e. The molecule has 0 radical (unpaired) electrons. The second-order valence-electron chi connectivity index (χ2n) is 16.4. The summed E-state index contributed by atoms with van der Waals surface area (Å²) in [7, 11) is 0. The van der Waals surface area contributed by atoms with Gasteiger partial charge in [-0.3, -0.25) is 0 Å². The van der Waals surface area contributed by atoms with Crippen LogP contribution in [-0.2, 0) is 0 Å². The first-order chi connectivity index (χ1) is 31.7. The lowest BCUT2D eigenvalue weighted by Gasteiger charge is -2.26. The molecular formula is C62H41NO. The Balaban J connectivity index is 0.954. The Morgan fingerprint density at radius 3 is 1.62 bits per heavy atom. The van der Waals surface area contributed by atoms with Gasteiger partial charge in [-0.1, -0.05) is 194 Å². The predicted molar refractivity (Wildman–Crippen MR) is 271 cm³/mol. The van der Waals surface area contributed by atoms with Crippen LogP contribution in [-0.4, -0.2) is 0 Å². The molecule has 0 bridgehead atoms. The van der Waals surface area contributed by atoms with Crippen LogP contribution in [0, 0.1) is 0 Å². The van der Waals surface area contributed by atoms with E-state index >= 15 is 0 Å². The fraction of sp³-hybridized carbons (Fsp3) is 0. The SMILES string of the molecule is c1ccc(-c2c(-c3cccc(-c4ccc(N(c5ccc(-c6cc7ccccc7c7ccccc67)cc5)c5cccc(-c6cccc7ccccc67)c5)cc4)c3)oc3ccccc23)cc1. The van der Waals surface area contributed by atoms with Gasteiger partial charge in [0.2, 0.25) is 0 Å². The van der Waals surface area contributed by atoms with Gasteiger partial charge >= 0.3 is 0 Å². The Morgan fingerprint density at radius 2 is 0.828 bits per heavy atom. The smallest absolute Gasteiger partial charge is 0.143 e. The van der Waals surface area contributed by atoms with Crippen molar-refractivity contribution in [1.29, 1.82) is 0 Å². The monoisotopic (exact) mass is 815 g/mol. The molecule has 2 nitrogen and oxygen atoms in total. The molecule has 300 valence electrons. The number of furan rings is 1. The number of hydrogen-bond acceptors (Lipinski definition) is 2. The third-order valence-electron chi connectivity index (χ3n) is 12.7. The first-order valence-electron chi connectivity index (χ1n) is 21.9. The van der Waals surface area contributed by atoms with Crippen LogP contribution >= 0.6 is 0 Å². The van der Waals surface area contributed by atoms with Crippen LogP contribution < -0.4 is 4.90 Å². The summed E-state index contributed by atoms with van der Waals surface area (Å²) in [5.41, 5.74) is 14.5. The fourth-order valence-corrected chi connectivity index (χ4v) is 9.60. The Morgan fingerprint density at radius 1 is 0.266 bits per heavy atom. The summed E-state index contributed by atoms with van der Waals surface area (Å²) in [6.07, 6.45) is 0. The third kappa shape index (κ3) is 6.61. The molecule has 0 fully saturated rings. The molecule has 0 unspecified atom stereocenters. The zero-order valence-corrected chi connectivity index (χ0v) is 35.0. The minimum Gasteiger partial charge on any atom is -0.455 e. The van der Waals surface area contributed by atoms with E-state index in [4.69, 9.17) is 4.42 Å². The van der Waals surface area contributed by atoms with Crippen LogP contribution in [0.5, 0.6) is 0 Å². The van der Waals surface area contributed by atoms with Crippen LogP contribution in [0.15, 0.2) is 253 Å². The summed E-state index contributed by atoms with van der Waals surface area (Å²) in [4.78, 5) is 2.37. The molecule has 0 aliphatic heterocycles. The molecule has 0 atom stereocenters. The maximum atomic E-state index is 6.61. The highest BCUT2D eigenvalue weighted by molar-refractivity contribution is 6.14. The van der Waals surface area contributed by atoms with Gasteiger partial charge in [0.05, 0.1) is 0 Å². The van der Waals surface area contributed by atoms with Crippen molar-refractivity contribution < 1.29 is 4.42 Å². The molecule has 0 aliphatic rings. The Bertz CT molecular complexity index is 3650. The lowest BCUT2D eigenvalue weighted by atomic mass is 9.93. The number of para-hydroxylation sites is 1. The maximum absolute atomic E-state index is 6.61. The van der Waals surface area contributed by atoms with E-state index in [0.717, 1.165) is 61.6 Å². The van der Waals surface area contributed by atoms with E-state index in [0.29, 0.717) is 0 Å². The van der Waals surface area contributed by atoms with Crippen molar-refractivity contribution in [2.45, 2.75) is 0 Å². The van der Waals surface area contributed by atoms with E-state index in [1.54, 1.807) is 0 Å².